The Balaban J connectivity index is 1.91. The van der Waals surface area contributed by atoms with Crippen LogP contribution in [0.3, 0.4) is 0 Å². The molecule has 2 aromatic carbocycles. The number of aliphatic hydroxyl groups excluding tert-OH is 4. The van der Waals surface area contributed by atoms with E-state index < -0.39 is 37.3 Å². The highest BCUT2D eigenvalue weighted by molar-refractivity contribution is 9.13. The van der Waals surface area contributed by atoms with E-state index in [1.165, 1.54) is 6.07 Å². The summed E-state index contributed by atoms with van der Waals surface area (Å²) in [4.78, 5) is 0. The normalized spacial score (nSPS) is 29.8. The molecule has 2 aromatic rings. The highest BCUT2D eigenvalue weighted by Crippen LogP contribution is 2.37. The molecule has 3 rings (SSSR count). The molecular weight excluding hydrogens is 464 g/mol. The zero-order valence-corrected chi connectivity index (χ0v) is 15.9. The molecule has 5 atom stereocenters. The largest absolute Gasteiger partial charge is 0.504 e. The number of benzene rings is 2. The molecule has 7 nitrogen and oxygen atoms in total. The Morgan fingerprint density at radius 2 is 1.52 bits per heavy atom. The molecule has 0 unspecified atom stereocenters. The van der Waals surface area contributed by atoms with E-state index in [9.17, 15) is 25.5 Å². The molecule has 5 N–H and O–H groups in total. The number of aliphatic hydroxyl groups is 4. The fraction of sp³-hybridized carbons (Fsp3) is 0.375. The fourth-order valence-electron chi connectivity index (χ4n) is 2.65. The average molecular weight is 480 g/mol. The van der Waals surface area contributed by atoms with Gasteiger partial charge in [-0.25, -0.2) is 0 Å². The minimum Gasteiger partial charge on any atom is -0.504 e. The lowest BCUT2D eigenvalue weighted by Gasteiger charge is -2.39. The highest BCUT2D eigenvalue weighted by atomic mass is 79.9. The molecule has 1 aliphatic rings. The number of ether oxygens (including phenoxy) is 2. The molecule has 1 heterocycles. The van der Waals surface area contributed by atoms with Gasteiger partial charge in [0.1, 0.15) is 24.4 Å². The van der Waals surface area contributed by atoms with Crippen LogP contribution in [-0.4, -0.2) is 62.8 Å². The van der Waals surface area contributed by atoms with Crippen LogP contribution in [0, 0.1) is 0 Å². The van der Waals surface area contributed by atoms with Gasteiger partial charge in [-0.1, -0.05) is 0 Å². The topological polar surface area (TPSA) is 120 Å². The van der Waals surface area contributed by atoms with Crippen LogP contribution in [0.5, 0.6) is 11.5 Å². The monoisotopic (exact) mass is 478 g/mol. The van der Waals surface area contributed by atoms with Gasteiger partial charge >= 0.3 is 0 Å². The summed E-state index contributed by atoms with van der Waals surface area (Å²) in [5, 5.41) is 50.5. The summed E-state index contributed by atoms with van der Waals surface area (Å²) in [5.74, 6) is -0.148. The number of aromatic hydroxyl groups is 1. The first-order valence-electron chi connectivity index (χ1n) is 7.40. The van der Waals surface area contributed by atoms with Crippen LogP contribution in [0.4, 0.5) is 0 Å². The molecule has 0 amide bonds. The van der Waals surface area contributed by atoms with E-state index in [1.54, 1.807) is 6.07 Å². The van der Waals surface area contributed by atoms with Crippen molar-refractivity contribution in [3.63, 3.8) is 0 Å². The van der Waals surface area contributed by atoms with Gasteiger partial charge in [0.25, 0.3) is 0 Å². The molecule has 0 aliphatic carbocycles. The maximum Gasteiger partial charge on any atom is 0.229 e. The molecule has 0 saturated carbocycles. The van der Waals surface area contributed by atoms with Crippen molar-refractivity contribution in [2.24, 2.45) is 0 Å². The van der Waals surface area contributed by atoms with Gasteiger partial charge in [-0.2, -0.15) is 0 Å². The van der Waals surface area contributed by atoms with Crippen LogP contribution in [0.2, 0.25) is 0 Å². The smallest absolute Gasteiger partial charge is 0.229 e. The van der Waals surface area contributed by atoms with Crippen LogP contribution in [0.1, 0.15) is 0 Å². The van der Waals surface area contributed by atoms with E-state index in [-0.39, 0.29) is 11.5 Å². The summed E-state index contributed by atoms with van der Waals surface area (Å²) in [6.07, 6.45) is -7.03. The Kier molecular flexibility index (Phi) is 5.54. The van der Waals surface area contributed by atoms with E-state index >= 15 is 0 Å². The predicted octanol–water partition coefficient (Wildman–Crippen LogP) is 1.25. The molecule has 1 saturated heterocycles. The SMILES string of the molecule is OC[C@H]1O[C@@H](Oc2cc3cc(Br)c(Br)cc3cc2O)[C@H](O)[C@@H](O)[C@@H]1O. The second kappa shape index (κ2) is 7.36. The Labute approximate surface area is 159 Å². The lowest BCUT2D eigenvalue weighted by Crippen LogP contribution is -2.60. The fourth-order valence-corrected chi connectivity index (χ4v) is 3.37. The van der Waals surface area contributed by atoms with Gasteiger partial charge in [0.15, 0.2) is 11.5 Å². The van der Waals surface area contributed by atoms with Gasteiger partial charge in [-0.15, -0.1) is 0 Å². The van der Waals surface area contributed by atoms with Crippen LogP contribution in [0.25, 0.3) is 10.8 Å². The van der Waals surface area contributed by atoms with Crippen LogP contribution < -0.4 is 4.74 Å². The van der Waals surface area contributed by atoms with Crippen LogP contribution >= 0.6 is 31.9 Å². The molecule has 0 aromatic heterocycles. The maximum atomic E-state index is 10.2. The number of phenols is 1. The summed E-state index contributed by atoms with van der Waals surface area (Å²) in [6.45, 7) is -0.560. The Morgan fingerprint density at radius 1 is 0.920 bits per heavy atom. The van der Waals surface area contributed by atoms with E-state index in [0.717, 1.165) is 19.7 Å². The first kappa shape index (κ1) is 18.8. The second-order valence-electron chi connectivity index (χ2n) is 5.75. The molecular formula is C16H16Br2O7. The van der Waals surface area contributed by atoms with Crippen LogP contribution in [-0.2, 0) is 4.74 Å². The van der Waals surface area contributed by atoms with E-state index in [0.29, 0.717) is 0 Å². The molecule has 9 heteroatoms. The molecule has 136 valence electrons. The van der Waals surface area contributed by atoms with Crippen molar-refractivity contribution in [2.45, 2.75) is 30.7 Å². The molecule has 0 bridgehead atoms. The first-order valence-corrected chi connectivity index (χ1v) is 8.99. The number of hydrogen-bond acceptors (Lipinski definition) is 7. The zero-order valence-electron chi connectivity index (χ0n) is 12.7. The first-order chi connectivity index (χ1) is 11.8. The third kappa shape index (κ3) is 3.63. The molecule has 0 spiro atoms. The highest BCUT2D eigenvalue weighted by Gasteiger charge is 2.44. The van der Waals surface area contributed by atoms with Gasteiger partial charge in [0, 0.05) is 8.95 Å². The maximum absolute atomic E-state index is 10.2. The summed E-state index contributed by atoms with van der Waals surface area (Å²) in [5.41, 5.74) is 0. The van der Waals surface area contributed by atoms with Crippen molar-refractivity contribution in [3.05, 3.63) is 33.2 Å². The average Bonchev–Trinajstić information content (AvgIpc) is 2.57. The van der Waals surface area contributed by atoms with Crippen molar-refractivity contribution < 1.29 is 35.0 Å². The number of halogens is 2. The van der Waals surface area contributed by atoms with Crippen molar-refractivity contribution in [3.8, 4) is 11.5 Å². The predicted molar refractivity (Wildman–Crippen MR) is 95.4 cm³/mol. The summed E-state index contributed by atoms with van der Waals surface area (Å²) in [7, 11) is 0. The van der Waals surface area contributed by atoms with Crippen molar-refractivity contribution >= 4 is 42.6 Å². The van der Waals surface area contributed by atoms with E-state index in [4.69, 9.17) is 9.47 Å². The standard InChI is InChI=1S/C16H16Br2O7/c17-8-1-6-3-10(20)11(4-7(6)2-9(8)18)24-16-15(23)14(22)13(21)12(5-19)25-16/h1-4,12-16,19-23H,5H2/t12-,13-,14+,15-,16-/m1/s1. The minimum atomic E-state index is -1.55. The second-order valence-corrected chi connectivity index (χ2v) is 7.46. The number of hydrogen-bond donors (Lipinski definition) is 5. The summed E-state index contributed by atoms with van der Waals surface area (Å²) >= 11 is 6.78. The van der Waals surface area contributed by atoms with Crippen LogP contribution in [0.15, 0.2) is 33.2 Å². The molecule has 1 aliphatic heterocycles. The lowest BCUT2D eigenvalue weighted by molar-refractivity contribution is -0.277. The third-order valence-electron chi connectivity index (χ3n) is 4.05. The van der Waals surface area contributed by atoms with E-state index in [1.807, 2.05) is 12.1 Å². The summed E-state index contributed by atoms with van der Waals surface area (Å²) in [6, 6.07) is 6.69. The Bertz CT molecular complexity index is 783. The van der Waals surface area contributed by atoms with Crippen molar-refractivity contribution in [1.82, 2.24) is 0 Å². The Hall–Kier alpha value is -0.940. The number of rotatable bonds is 3. The van der Waals surface area contributed by atoms with Crippen molar-refractivity contribution in [2.75, 3.05) is 6.61 Å². The van der Waals surface area contributed by atoms with Gasteiger partial charge in [0.2, 0.25) is 6.29 Å². The number of phenolic OH excluding ortho intramolecular Hbond substituents is 1. The minimum absolute atomic E-state index is 0.0334. The van der Waals surface area contributed by atoms with Gasteiger partial charge in [0.05, 0.1) is 6.61 Å². The van der Waals surface area contributed by atoms with Gasteiger partial charge in [-0.05, 0) is 66.9 Å². The van der Waals surface area contributed by atoms with Gasteiger partial charge < -0.3 is 35.0 Å². The quantitative estimate of drug-likeness (QED) is 0.449. The number of fused-ring (bicyclic) bond motifs is 1. The molecule has 25 heavy (non-hydrogen) atoms. The van der Waals surface area contributed by atoms with Crippen molar-refractivity contribution in [1.29, 1.82) is 0 Å². The Morgan fingerprint density at radius 3 is 2.12 bits per heavy atom. The van der Waals surface area contributed by atoms with E-state index in [2.05, 4.69) is 31.9 Å². The summed E-state index contributed by atoms with van der Waals surface area (Å²) < 4.78 is 12.4. The third-order valence-corrected chi connectivity index (χ3v) is 5.89. The lowest BCUT2D eigenvalue weighted by atomic mass is 9.99. The van der Waals surface area contributed by atoms with Gasteiger partial charge in [-0.3, -0.25) is 0 Å². The molecule has 1 fully saturated rings. The zero-order chi connectivity index (χ0) is 18.3. The molecule has 0 radical (unpaired) electrons.